The molecule has 0 spiro atoms. The van der Waals surface area contributed by atoms with E-state index in [1.807, 2.05) is 0 Å². The zero-order valence-corrected chi connectivity index (χ0v) is 11.0. The van der Waals surface area contributed by atoms with Crippen molar-refractivity contribution in [1.29, 1.82) is 0 Å². The summed E-state index contributed by atoms with van der Waals surface area (Å²) in [5.41, 5.74) is 7.04. The van der Waals surface area contributed by atoms with Crippen molar-refractivity contribution in [2.75, 3.05) is 0 Å². The van der Waals surface area contributed by atoms with Crippen LogP contribution in [0.2, 0.25) is 0 Å². The van der Waals surface area contributed by atoms with Gasteiger partial charge in [-0.3, -0.25) is 0 Å². The molecule has 0 amide bonds. The zero-order valence-electron chi connectivity index (χ0n) is 11.0. The summed E-state index contributed by atoms with van der Waals surface area (Å²) in [7, 11) is 0. The third-order valence-electron chi connectivity index (χ3n) is 4.18. The number of hydrogen-bond donors (Lipinski definition) is 1. The maximum Gasteiger partial charge on any atom is 0.159 e. The molecule has 1 unspecified atom stereocenters. The highest BCUT2D eigenvalue weighted by Gasteiger charge is 2.44. The molecule has 2 rings (SSSR count). The summed E-state index contributed by atoms with van der Waals surface area (Å²) in [5, 5.41) is 0. The first-order valence-electron chi connectivity index (χ1n) is 6.67. The lowest BCUT2D eigenvalue weighted by Gasteiger charge is -2.47. The van der Waals surface area contributed by atoms with E-state index in [1.54, 1.807) is 6.07 Å². The first kappa shape index (κ1) is 13.5. The second kappa shape index (κ2) is 4.96. The first-order chi connectivity index (χ1) is 8.45. The summed E-state index contributed by atoms with van der Waals surface area (Å²) >= 11 is 0. The molecule has 0 saturated heterocycles. The summed E-state index contributed by atoms with van der Waals surface area (Å²) in [6, 6.07) is 4.26. The molecule has 1 atom stereocenters. The minimum atomic E-state index is -0.786. The lowest BCUT2D eigenvalue weighted by molar-refractivity contribution is 0.177. The Morgan fingerprint density at radius 3 is 2.33 bits per heavy atom. The summed E-state index contributed by atoms with van der Waals surface area (Å²) in [6.45, 7) is 4.27. The van der Waals surface area contributed by atoms with Crippen LogP contribution in [0.1, 0.15) is 45.1 Å². The van der Waals surface area contributed by atoms with Crippen LogP contribution in [0.3, 0.4) is 0 Å². The Bertz CT molecular complexity index is 425. The summed E-state index contributed by atoms with van der Waals surface area (Å²) in [4.78, 5) is 0. The largest absolute Gasteiger partial charge is 0.327 e. The molecule has 1 saturated carbocycles. The highest BCUT2D eigenvalue weighted by molar-refractivity contribution is 5.31. The molecule has 1 nitrogen and oxygen atoms in total. The molecule has 18 heavy (non-hydrogen) atoms. The van der Waals surface area contributed by atoms with Gasteiger partial charge in [0.25, 0.3) is 0 Å². The van der Waals surface area contributed by atoms with Gasteiger partial charge in [-0.1, -0.05) is 26.3 Å². The Morgan fingerprint density at radius 2 is 1.89 bits per heavy atom. The van der Waals surface area contributed by atoms with Gasteiger partial charge >= 0.3 is 0 Å². The molecule has 100 valence electrons. The quantitative estimate of drug-likeness (QED) is 0.868. The third-order valence-corrected chi connectivity index (χ3v) is 4.18. The molecular formula is C15H21F2N. The van der Waals surface area contributed by atoms with Crippen LogP contribution < -0.4 is 5.73 Å². The SMILES string of the molecule is CC(C)CC(N)C1(c2ccc(F)c(F)c2)CCC1. The molecule has 0 radical (unpaired) electrons. The first-order valence-corrected chi connectivity index (χ1v) is 6.67. The molecule has 1 aromatic rings. The van der Waals surface area contributed by atoms with Crippen molar-refractivity contribution in [1.82, 2.24) is 0 Å². The lowest BCUT2D eigenvalue weighted by atomic mass is 9.59. The van der Waals surface area contributed by atoms with Crippen molar-refractivity contribution < 1.29 is 8.78 Å². The molecule has 0 bridgehead atoms. The summed E-state index contributed by atoms with van der Waals surface area (Å²) in [5.74, 6) is -1.04. The molecular weight excluding hydrogens is 232 g/mol. The fourth-order valence-corrected chi connectivity index (χ4v) is 2.97. The van der Waals surface area contributed by atoms with Gasteiger partial charge in [-0.15, -0.1) is 0 Å². The van der Waals surface area contributed by atoms with Gasteiger partial charge in [0, 0.05) is 11.5 Å². The molecule has 0 heterocycles. The van der Waals surface area contributed by atoms with Gasteiger partial charge in [0.05, 0.1) is 0 Å². The van der Waals surface area contributed by atoms with Crippen molar-refractivity contribution in [3.05, 3.63) is 35.4 Å². The molecule has 1 aliphatic rings. The van der Waals surface area contributed by atoms with Crippen molar-refractivity contribution in [2.45, 2.75) is 51.0 Å². The molecule has 1 aromatic carbocycles. The van der Waals surface area contributed by atoms with Crippen molar-refractivity contribution >= 4 is 0 Å². The van der Waals surface area contributed by atoms with E-state index in [9.17, 15) is 8.78 Å². The van der Waals surface area contributed by atoms with Gasteiger partial charge in [0.2, 0.25) is 0 Å². The van der Waals surface area contributed by atoms with Gasteiger partial charge in [0.15, 0.2) is 11.6 Å². The monoisotopic (exact) mass is 253 g/mol. The van der Waals surface area contributed by atoms with E-state index < -0.39 is 11.6 Å². The van der Waals surface area contributed by atoms with Gasteiger partial charge in [-0.05, 0) is 42.9 Å². The van der Waals surface area contributed by atoms with Crippen LogP contribution in [-0.4, -0.2) is 6.04 Å². The van der Waals surface area contributed by atoms with Crippen LogP contribution in [0.5, 0.6) is 0 Å². The average Bonchev–Trinajstić information content (AvgIpc) is 2.20. The van der Waals surface area contributed by atoms with E-state index >= 15 is 0 Å². The smallest absolute Gasteiger partial charge is 0.159 e. The second-order valence-corrected chi connectivity index (χ2v) is 5.87. The van der Waals surface area contributed by atoms with E-state index in [0.717, 1.165) is 31.2 Å². The zero-order chi connectivity index (χ0) is 13.3. The maximum atomic E-state index is 13.4. The van der Waals surface area contributed by atoms with Crippen molar-refractivity contribution in [3.8, 4) is 0 Å². The maximum absolute atomic E-state index is 13.4. The molecule has 1 aliphatic carbocycles. The number of hydrogen-bond acceptors (Lipinski definition) is 1. The Morgan fingerprint density at radius 1 is 1.22 bits per heavy atom. The molecule has 0 aromatic heterocycles. The van der Waals surface area contributed by atoms with Crippen LogP contribution in [0.4, 0.5) is 8.78 Å². The van der Waals surface area contributed by atoms with Crippen LogP contribution in [0, 0.1) is 17.6 Å². The summed E-state index contributed by atoms with van der Waals surface area (Å²) in [6.07, 6.45) is 3.99. The predicted octanol–water partition coefficient (Wildman–Crippen LogP) is 3.76. The number of nitrogens with two attached hydrogens (primary N) is 1. The van der Waals surface area contributed by atoms with E-state index in [2.05, 4.69) is 13.8 Å². The Labute approximate surface area is 107 Å². The van der Waals surface area contributed by atoms with Gasteiger partial charge in [0.1, 0.15) is 0 Å². The number of rotatable bonds is 4. The van der Waals surface area contributed by atoms with E-state index in [-0.39, 0.29) is 11.5 Å². The highest BCUT2D eigenvalue weighted by Crippen LogP contribution is 2.47. The number of benzene rings is 1. The fraction of sp³-hybridized carbons (Fsp3) is 0.600. The molecule has 3 heteroatoms. The van der Waals surface area contributed by atoms with Crippen LogP contribution >= 0.6 is 0 Å². The third kappa shape index (κ3) is 2.28. The molecule has 1 fully saturated rings. The Kier molecular flexibility index (Phi) is 3.71. The highest BCUT2D eigenvalue weighted by atomic mass is 19.2. The van der Waals surface area contributed by atoms with Gasteiger partial charge < -0.3 is 5.73 Å². The normalized spacial score (nSPS) is 19.7. The Balaban J connectivity index is 2.28. The van der Waals surface area contributed by atoms with Crippen LogP contribution in [0.25, 0.3) is 0 Å². The molecule has 2 N–H and O–H groups in total. The fourth-order valence-electron chi connectivity index (χ4n) is 2.97. The lowest BCUT2D eigenvalue weighted by Crippen LogP contribution is -2.51. The minimum absolute atomic E-state index is 0.0242. The van der Waals surface area contributed by atoms with E-state index in [4.69, 9.17) is 5.73 Å². The van der Waals surface area contributed by atoms with Crippen LogP contribution in [-0.2, 0) is 5.41 Å². The number of halogens is 2. The molecule has 0 aliphatic heterocycles. The topological polar surface area (TPSA) is 26.0 Å². The predicted molar refractivity (Wildman–Crippen MR) is 69.3 cm³/mol. The average molecular weight is 253 g/mol. The van der Waals surface area contributed by atoms with Crippen molar-refractivity contribution in [2.24, 2.45) is 11.7 Å². The van der Waals surface area contributed by atoms with Gasteiger partial charge in [-0.2, -0.15) is 0 Å². The van der Waals surface area contributed by atoms with Gasteiger partial charge in [-0.25, -0.2) is 8.78 Å². The summed E-state index contributed by atoms with van der Waals surface area (Å²) < 4.78 is 26.4. The second-order valence-electron chi connectivity index (χ2n) is 5.87. The Hall–Kier alpha value is -0.960. The minimum Gasteiger partial charge on any atom is -0.327 e. The van der Waals surface area contributed by atoms with E-state index in [0.29, 0.717) is 5.92 Å². The van der Waals surface area contributed by atoms with Crippen LogP contribution in [0.15, 0.2) is 18.2 Å². The standard InChI is InChI=1S/C15H21F2N/c1-10(2)8-14(18)15(6-3-7-15)11-4-5-12(16)13(17)9-11/h4-5,9-10,14H,3,6-8,18H2,1-2H3. The van der Waals surface area contributed by atoms with Crippen molar-refractivity contribution in [3.63, 3.8) is 0 Å². The van der Waals surface area contributed by atoms with E-state index in [1.165, 1.54) is 12.1 Å².